The van der Waals surface area contributed by atoms with Crippen molar-refractivity contribution in [2.75, 3.05) is 0 Å². The second-order valence-electron chi connectivity index (χ2n) is 4.58. The van der Waals surface area contributed by atoms with Gasteiger partial charge < -0.3 is 4.42 Å². The highest BCUT2D eigenvalue weighted by molar-refractivity contribution is 6.00. The molecule has 8 nitrogen and oxygen atoms in total. The molecule has 1 heterocycles. The lowest BCUT2D eigenvalue weighted by Gasteiger charge is -2.05. The summed E-state index contributed by atoms with van der Waals surface area (Å²) in [5.74, 6) is 0.239. The first-order chi connectivity index (χ1) is 11.2. The van der Waals surface area contributed by atoms with E-state index in [9.17, 15) is 19.5 Å². The summed E-state index contributed by atoms with van der Waals surface area (Å²) in [4.78, 5) is 45.0. The number of hydrogen-bond donors (Lipinski definition) is 0. The van der Waals surface area contributed by atoms with Crippen molar-refractivity contribution in [3.05, 3.63) is 67.4 Å². The van der Waals surface area contributed by atoms with Crippen molar-refractivity contribution in [1.29, 1.82) is 0 Å². The molecule has 0 spiro atoms. The molecule has 0 saturated heterocycles. The van der Waals surface area contributed by atoms with Gasteiger partial charge in [0.1, 0.15) is 17.0 Å². The first kappa shape index (κ1) is 14.4. The van der Waals surface area contributed by atoms with Crippen LogP contribution in [0.3, 0.4) is 0 Å². The summed E-state index contributed by atoms with van der Waals surface area (Å²) in [6, 6.07) is 11.0. The van der Waals surface area contributed by atoms with Crippen LogP contribution in [-0.2, 0) is 0 Å². The van der Waals surface area contributed by atoms with Gasteiger partial charge in [0.05, 0.1) is 5.39 Å². The molecule has 23 heavy (non-hydrogen) atoms. The lowest BCUT2D eigenvalue weighted by Crippen LogP contribution is -2.01. The third-order valence-electron chi connectivity index (χ3n) is 3.29. The van der Waals surface area contributed by atoms with Crippen molar-refractivity contribution in [3.8, 4) is 11.3 Å². The third-order valence-corrected chi connectivity index (χ3v) is 3.29. The van der Waals surface area contributed by atoms with Crippen molar-refractivity contribution in [2.45, 2.75) is 0 Å². The van der Waals surface area contributed by atoms with E-state index in [0.717, 1.165) is 6.07 Å². The Kier molecular flexibility index (Phi) is 3.55. The molecule has 0 N–H and O–H groups in total. The highest BCUT2D eigenvalue weighted by Gasteiger charge is 2.20. The van der Waals surface area contributed by atoms with Crippen LogP contribution in [0.1, 0.15) is 0 Å². The molecule has 0 bridgehead atoms. The summed E-state index contributed by atoms with van der Waals surface area (Å²) < 4.78 is 5.57. The maximum Gasteiger partial charge on any atom is 0.195 e. The highest BCUT2D eigenvalue weighted by Crippen LogP contribution is 2.43. The standard InChI is InChI=1S/C15H7N3O5/c19-10-7-11(8-4-2-1-3-5-8)23-12-6-9(16-20)14(17-21)15(18-22)13(10)12/h1-7H. The normalized spacial score (nSPS) is 10.4. The molecular weight excluding hydrogens is 302 g/mol. The van der Waals surface area contributed by atoms with Gasteiger partial charge in [0.15, 0.2) is 16.8 Å². The summed E-state index contributed by atoms with van der Waals surface area (Å²) in [7, 11) is 0. The van der Waals surface area contributed by atoms with Crippen molar-refractivity contribution in [2.24, 2.45) is 15.5 Å². The average molecular weight is 309 g/mol. The van der Waals surface area contributed by atoms with Gasteiger partial charge in [-0.3, -0.25) is 4.79 Å². The van der Waals surface area contributed by atoms with Crippen molar-refractivity contribution in [3.63, 3.8) is 0 Å². The Hall–Kier alpha value is -3.55. The quantitative estimate of drug-likeness (QED) is 0.649. The van der Waals surface area contributed by atoms with E-state index in [2.05, 4.69) is 15.5 Å². The van der Waals surface area contributed by atoms with Gasteiger partial charge in [0.25, 0.3) is 0 Å². The molecule has 2 aromatic carbocycles. The second-order valence-corrected chi connectivity index (χ2v) is 4.58. The van der Waals surface area contributed by atoms with Gasteiger partial charge in [0.2, 0.25) is 0 Å². The molecule has 3 aromatic rings. The summed E-state index contributed by atoms with van der Waals surface area (Å²) in [5, 5.41) is 7.61. The molecule has 0 aliphatic rings. The molecular formula is C15H7N3O5. The fourth-order valence-electron chi connectivity index (χ4n) is 2.27. The van der Waals surface area contributed by atoms with Crippen LogP contribution in [0.25, 0.3) is 22.3 Å². The smallest absolute Gasteiger partial charge is 0.195 e. The topological polar surface area (TPSA) is 118 Å². The summed E-state index contributed by atoms with van der Waals surface area (Å²) in [6.45, 7) is 0. The van der Waals surface area contributed by atoms with Gasteiger partial charge in [-0.15, -0.1) is 14.7 Å². The first-order valence-corrected chi connectivity index (χ1v) is 6.40. The van der Waals surface area contributed by atoms with Crippen LogP contribution in [0.4, 0.5) is 17.1 Å². The molecule has 1 aromatic heterocycles. The predicted molar refractivity (Wildman–Crippen MR) is 84.3 cm³/mol. The molecule has 0 saturated carbocycles. The monoisotopic (exact) mass is 309 g/mol. The molecule has 0 aliphatic carbocycles. The lowest BCUT2D eigenvalue weighted by molar-refractivity contribution is 0.619. The fraction of sp³-hybridized carbons (Fsp3) is 0. The number of nitroso groups, excluding NO2 is 3. The maximum atomic E-state index is 12.3. The van der Waals surface area contributed by atoms with E-state index < -0.39 is 22.5 Å². The Morgan fingerprint density at radius 2 is 1.52 bits per heavy atom. The van der Waals surface area contributed by atoms with E-state index in [1.165, 1.54) is 6.07 Å². The summed E-state index contributed by atoms with van der Waals surface area (Å²) >= 11 is 0. The SMILES string of the molecule is O=Nc1cc2oc(-c3ccccc3)cc(=O)c2c(N=O)c1N=O. The number of nitrogens with zero attached hydrogens (tertiary/aromatic N) is 3. The van der Waals surface area contributed by atoms with Crippen molar-refractivity contribution in [1.82, 2.24) is 0 Å². The van der Waals surface area contributed by atoms with Crippen molar-refractivity contribution < 1.29 is 4.42 Å². The zero-order chi connectivity index (χ0) is 16.4. The summed E-state index contributed by atoms with van der Waals surface area (Å²) in [6.07, 6.45) is 0. The fourth-order valence-corrected chi connectivity index (χ4v) is 2.27. The van der Waals surface area contributed by atoms with Crippen LogP contribution in [0.2, 0.25) is 0 Å². The number of hydrogen-bond acceptors (Lipinski definition) is 8. The molecule has 0 atom stereocenters. The van der Waals surface area contributed by atoms with Crippen LogP contribution in [-0.4, -0.2) is 0 Å². The molecule has 112 valence electrons. The van der Waals surface area contributed by atoms with Crippen LogP contribution in [0.5, 0.6) is 0 Å². The highest BCUT2D eigenvalue weighted by atomic mass is 16.3. The minimum absolute atomic E-state index is 0.0760. The van der Waals surface area contributed by atoms with Gasteiger partial charge in [-0.1, -0.05) is 30.3 Å². The summed E-state index contributed by atoms with van der Waals surface area (Å²) in [5.41, 5.74) is -1.58. The van der Waals surface area contributed by atoms with E-state index in [4.69, 9.17) is 4.42 Å². The largest absolute Gasteiger partial charge is 0.456 e. The van der Waals surface area contributed by atoms with Gasteiger partial charge in [-0.05, 0) is 15.5 Å². The molecule has 0 amide bonds. The Balaban J connectivity index is 2.42. The third kappa shape index (κ3) is 2.31. The Bertz CT molecular complexity index is 995. The minimum Gasteiger partial charge on any atom is -0.456 e. The van der Waals surface area contributed by atoms with Crippen LogP contribution in [0, 0.1) is 14.7 Å². The zero-order valence-corrected chi connectivity index (χ0v) is 11.4. The molecule has 0 fully saturated rings. The van der Waals surface area contributed by atoms with E-state index >= 15 is 0 Å². The molecule has 3 rings (SSSR count). The van der Waals surface area contributed by atoms with Gasteiger partial charge in [0, 0.05) is 17.7 Å². The lowest BCUT2D eigenvalue weighted by atomic mass is 10.1. The Morgan fingerprint density at radius 1 is 0.826 bits per heavy atom. The maximum absolute atomic E-state index is 12.3. The van der Waals surface area contributed by atoms with E-state index in [-0.39, 0.29) is 16.7 Å². The van der Waals surface area contributed by atoms with E-state index in [1.807, 2.05) is 0 Å². The number of benzene rings is 2. The predicted octanol–water partition coefficient (Wildman–Crippen LogP) is 4.65. The Morgan fingerprint density at radius 3 is 2.13 bits per heavy atom. The van der Waals surface area contributed by atoms with Gasteiger partial charge in [-0.2, -0.15) is 0 Å². The first-order valence-electron chi connectivity index (χ1n) is 6.40. The van der Waals surface area contributed by atoms with Gasteiger partial charge in [-0.25, -0.2) is 0 Å². The molecule has 8 heteroatoms. The molecule has 0 aliphatic heterocycles. The second kappa shape index (κ2) is 5.68. The van der Waals surface area contributed by atoms with Crippen LogP contribution >= 0.6 is 0 Å². The van der Waals surface area contributed by atoms with Crippen molar-refractivity contribution >= 4 is 28.0 Å². The van der Waals surface area contributed by atoms with Crippen LogP contribution in [0.15, 0.2) is 67.2 Å². The number of fused-ring (bicyclic) bond motifs is 1. The van der Waals surface area contributed by atoms with E-state index in [0.29, 0.717) is 5.56 Å². The van der Waals surface area contributed by atoms with Gasteiger partial charge >= 0.3 is 0 Å². The average Bonchev–Trinajstić information content (AvgIpc) is 2.60. The van der Waals surface area contributed by atoms with Crippen LogP contribution < -0.4 is 5.43 Å². The van der Waals surface area contributed by atoms with E-state index in [1.54, 1.807) is 30.3 Å². The Labute approximate surface area is 127 Å². The zero-order valence-electron chi connectivity index (χ0n) is 11.4. The molecule has 0 unspecified atom stereocenters. The molecule has 0 radical (unpaired) electrons. The minimum atomic E-state index is -0.581. The number of rotatable bonds is 4.